The number of thioether (sulfide) groups is 1. The molecule has 0 spiro atoms. The standard InChI is InChI=1S/C21H20N2O4S/c1-14-3-9-17(10-4-14)27-12-11-23(2)20(25)16-7-5-15(6-8-16)13-18-19(24)22-21(26)28-18/h3-10,13H,11-12H2,1-2H3,(H,22,24,26). The first-order valence-corrected chi connectivity index (χ1v) is 9.54. The number of carbonyl (C=O) groups excluding carboxylic acids is 3. The maximum absolute atomic E-state index is 12.5. The van der Waals surface area contributed by atoms with E-state index >= 15 is 0 Å². The van der Waals surface area contributed by atoms with Crippen molar-refractivity contribution >= 4 is 34.9 Å². The van der Waals surface area contributed by atoms with Crippen LogP contribution in [0.5, 0.6) is 5.75 Å². The topological polar surface area (TPSA) is 75.7 Å². The maximum atomic E-state index is 12.5. The van der Waals surface area contributed by atoms with E-state index < -0.39 is 5.91 Å². The highest BCUT2D eigenvalue weighted by molar-refractivity contribution is 8.18. The molecule has 0 atom stereocenters. The average Bonchev–Trinajstić information content (AvgIpc) is 3.00. The molecular weight excluding hydrogens is 376 g/mol. The highest BCUT2D eigenvalue weighted by atomic mass is 32.2. The minimum atomic E-state index is -0.400. The number of nitrogens with one attached hydrogen (secondary N) is 1. The normalized spacial score (nSPS) is 14.9. The van der Waals surface area contributed by atoms with Crippen molar-refractivity contribution in [2.24, 2.45) is 0 Å². The monoisotopic (exact) mass is 396 g/mol. The van der Waals surface area contributed by atoms with Crippen molar-refractivity contribution < 1.29 is 19.1 Å². The van der Waals surface area contributed by atoms with E-state index in [9.17, 15) is 14.4 Å². The van der Waals surface area contributed by atoms with Crippen LogP contribution in [0.1, 0.15) is 21.5 Å². The molecule has 2 aromatic carbocycles. The van der Waals surface area contributed by atoms with Crippen LogP contribution in [0.4, 0.5) is 4.79 Å². The zero-order valence-electron chi connectivity index (χ0n) is 15.6. The molecule has 1 N–H and O–H groups in total. The second-order valence-corrected chi connectivity index (χ2v) is 7.38. The molecular formula is C21H20N2O4S. The Morgan fingerprint density at radius 3 is 2.39 bits per heavy atom. The fraction of sp³-hybridized carbons (Fsp3) is 0.190. The summed E-state index contributed by atoms with van der Waals surface area (Å²) in [5.41, 5.74) is 2.45. The number of nitrogens with zero attached hydrogens (tertiary/aromatic N) is 1. The summed E-state index contributed by atoms with van der Waals surface area (Å²) >= 11 is 0.864. The van der Waals surface area contributed by atoms with E-state index in [-0.39, 0.29) is 11.1 Å². The zero-order chi connectivity index (χ0) is 20.1. The van der Waals surface area contributed by atoms with Crippen LogP contribution >= 0.6 is 11.8 Å². The van der Waals surface area contributed by atoms with E-state index in [0.717, 1.165) is 28.6 Å². The van der Waals surface area contributed by atoms with Crippen LogP contribution in [0, 0.1) is 6.92 Å². The highest BCUT2D eigenvalue weighted by Crippen LogP contribution is 2.25. The molecule has 1 fully saturated rings. The Hall–Kier alpha value is -3.06. The van der Waals surface area contributed by atoms with Crippen LogP contribution in [0.25, 0.3) is 6.08 Å². The summed E-state index contributed by atoms with van der Waals surface area (Å²) in [6.07, 6.45) is 1.62. The second kappa shape index (κ2) is 8.75. The maximum Gasteiger partial charge on any atom is 0.290 e. The van der Waals surface area contributed by atoms with Gasteiger partial charge in [0.15, 0.2) is 0 Å². The van der Waals surface area contributed by atoms with Gasteiger partial charge in [-0.25, -0.2) is 0 Å². The summed E-state index contributed by atoms with van der Waals surface area (Å²) in [7, 11) is 1.72. The van der Waals surface area contributed by atoms with E-state index in [4.69, 9.17) is 4.74 Å². The molecule has 28 heavy (non-hydrogen) atoms. The molecule has 1 aliphatic rings. The fourth-order valence-electron chi connectivity index (χ4n) is 2.55. The summed E-state index contributed by atoms with van der Waals surface area (Å²) in [6.45, 7) is 2.87. The number of ether oxygens (including phenoxy) is 1. The fourth-order valence-corrected chi connectivity index (χ4v) is 3.23. The highest BCUT2D eigenvalue weighted by Gasteiger charge is 2.24. The number of carbonyl (C=O) groups is 3. The molecule has 144 valence electrons. The third kappa shape index (κ3) is 5.01. The van der Waals surface area contributed by atoms with Gasteiger partial charge in [-0.05, 0) is 54.6 Å². The number of imide groups is 1. The van der Waals surface area contributed by atoms with Crippen LogP contribution in [-0.2, 0) is 4.79 Å². The molecule has 0 saturated carbocycles. The zero-order valence-corrected chi connectivity index (χ0v) is 16.4. The third-order valence-electron chi connectivity index (χ3n) is 4.16. The van der Waals surface area contributed by atoms with Gasteiger partial charge in [0.1, 0.15) is 12.4 Å². The van der Waals surface area contributed by atoms with E-state index in [0.29, 0.717) is 23.6 Å². The molecule has 6 nitrogen and oxygen atoms in total. The predicted octanol–water partition coefficient (Wildman–Crippen LogP) is 3.47. The van der Waals surface area contributed by atoms with Gasteiger partial charge in [-0.2, -0.15) is 0 Å². The number of benzene rings is 2. The number of hydrogen-bond acceptors (Lipinski definition) is 5. The molecule has 0 aromatic heterocycles. The third-order valence-corrected chi connectivity index (χ3v) is 4.97. The summed E-state index contributed by atoms with van der Waals surface area (Å²) in [5, 5.41) is 1.83. The van der Waals surface area contributed by atoms with Crippen molar-refractivity contribution in [2.75, 3.05) is 20.2 Å². The smallest absolute Gasteiger partial charge is 0.290 e. The number of amides is 3. The molecule has 0 radical (unpaired) electrons. The van der Waals surface area contributed by atoms with Gasteiger partial charge in [0.05, 0.1) is 11.4 Å². The largest absolute Gasteiger partial charge is 0.492 e. The minimum Gasteiger partial charge on any atom is -0.492 e. The Morgan fingerprint density at radius 2 is 1.79 bits per heavy atom. The van der Waals surface area contributed by atoms with Gasteiger partial charge in [-0.1, -0.05) is 29.8 Å². The van der Waals surface area contributed by atoms with Crippen molar-refractivity contribution in [3.63, 3.8) is 0 Å². The van der Waals surface area contributed by atoms with E-state index in [1.54, 1.807) is 42.3 Å². The minimum absolute atomic E-state index is 0.116. The number of hydrogen-bond donors (Lipinski definition) is 1. The predicted molar refractivity (Wildman–Crippen MR) is 109 cm³/mol. The van der Waals surface area contributed by atoms with E-state index in [1.165, 1.54) is 0 Å². The van der Waals surface area contributed by atoms with Gasteiger partial charge in [-0.15, -0.1) is 0 Å². The number of aryl methyl sites for hydroxylation is 1. The molecule has 3 rings (SSSR count). The van der Waals surface area contributed by atoms with Crippen LogP contribution in [-0.4, -0.2) is 42.2 Å². The van der Waals surface area contributed by atoms with E-state index in [2.05, 4.69) is 5.32 Å². The lowest BCUT2D eigenvalue weighted by molar-refractivity contribution is -0.115. The van der Waals surface area contributed by atoms with Gasteiger partial charge < -0.3 is 9.64 Å². The Morgan fingerprint density at radius 1 is 1.11 bits per heavy atom. The van der Waals surface area contributed by atoms with Crippen LogP contribution in [0.2, 0.25) is 0 Å². The van der Waals surface area contributed by atoms with Crippen molar-refractivity contribution in [3.8, 4) is 5.75 Å². The van der Waals surface area contributed by atoms with Gasteiger partial charge in [0, 0.05) is 12.6 Å². The first-order valence-electron chi connectivity index (χ1n) is 8.72. The van der Waals surface area contributed by atoms with Crippen molar-refractivity contribution in [1.29, 1.82) is 0 Å². The first-order chi connectivity index (χ1) is 13.4. The van der Waals surface area contributed by atoms with Gasteiger partial charge in [0.25, 0.3) is 17.1 Å². The molecule has 1 heterocycles. The van der Waals surface area contributed by atoms with Crippen LogP contribution in [0.3, 0.4) is 0 Å². The first kappa shape index (κ1) is 19.7. The molecule has 2 aromatic rings. The molecule has 1 aliphatic heterocycles. The Labute approximate surface area is 167 Å². The summed E-state index contributed by atoms with van der Waals surface area (Å²) < 4.78 is 5.66. The van der Waals surface area contributed by atoms with E-state index in [1.807, 2.05) is 31.2 Å². The summed E-state index contributed by atoms with van der Waals surface area (Å²) in [5.74, 6) is 0.259. The Kier molecular flexibility index (Phi) is 6.16. The van der Waals surface area contributed by atoms with Crippen molar-refractivity contribution in [1.82, 2.24) is 10.2 Å². The lowest BCUT2D eigenvalue weighted by Crippen LogP contribution is -2.30. The average molecular weight is 396 g/mol. The SMILES string of the molecule is Cc1ccc(OCCN(C)C(=O)c2ccc(C=C3SC(=O)NC3=O)cc2)cc1. The quantitative estimate of drug-likeness (QED) is 0.757. The Balaban J connectivity index is 1.54. The van der Waals surface area contributed by atoms with Crippen molar-refractivity contribution in [2.45, 2.75) is 6.92 Å². The van der Waals surface area contributed by atoms with Crippen molar-refractivity contribution in [3.05, 3.63) is 70.1 Å². The molecule has 0 aliphatic carbocycles. The number of rotatable bonds is 6. The molecule has 1 saturated heterocycles. The van der Waals surface area contributed by atoms with Crippen LogP contribution in [0.15, 0.2) is 53.4 Å². The second-order valence-electron chi connectivity index (χ2n) is 6.36. The van der Waals surface area contributed by atoms with Gasteiger partial charge in [0.2, 0.25) is 0 Å². The summed E-state index contributed by atoms with van der Waals surface area (Å²) in [4.78, 5) is 37.2. The summed E-state index contributed by atoms with van der Waals surface area (Å²) in [6, 6.07) is 14.6. The molecule has 7 heteroatoms. The Bertz CT molecular complexity index is 920. The molecule has 0 unspecified atom stereocenters. The lowest BCUT2D eigenvalue weighted by atomic mass is 10.1. The van der Waals surface area contributed by atoms with Gasteiger partial charge >= 0.3 is 0 Å². The molecule has 0 bridgehead atoms. The van der Waals surface area contributed by atoms with Gasteiger partial charge in [-0.3, -0.25) is 19.7 Å². The molecule has 3 amide bonds. The van der Waals surface area contributed by atoms with Crippen LogP contribution < -0.4 is 10.1 Å². The lowest BCUT2D eigenvalue weighted by Gasteiger charge is -2.17. The number of likely N-dealkylation sites (N-methyl/N-ethyl adjacent to an activating group) is 1.